The van der Waals surface area contributed by atoms with Crippen LogP contribution in [0.2, 0.25) is 0 Å². The summed E-state index contributed by atoms with van der Waals surface area (Å²) in [5.41, 5.74) is 2.46. The van der Waals surface area contributed by atoms with Gasteiger partial charge in [-0.25, -0.2) is 13.8 Å². The van der Waals surface area contributed by atoms with Crippen LogP contribution in [-0.4, -0.2) is 30.5 Å². The summed E-state index contributed by atoms with van der Waals surface area (Å²) in [6.07, 6.45) is 3.87. The SMILES string of the molecule is Cc1ccc2c(C)c(C(=O)NCCc3cc(F)c(N4CC5CCCC5C4)cc3F)sc2n1. The van der Waals surface area contributed by atoms with Crippen LogP contribution in [0.3, 0.4) is 0 Å². The zero-order chi connectivity index (χ0) is 22.4. The van der Waals surface area contributed by atoms with Crippen molar-refractivity contribution in [3.63, 3.8) is 0 Å². The van der Waals surface area contributed by atoms with E-state index in [4.69, 9.17) is 0 Å². The Labute approximate surface area is 190 Å². The summed E-state index contributed by atoms with van der Waals surface area (Å²) in [6.45, 7) is 5.70. The number of anilines is 1. The molecule has 2 fully saturated rings. The Hall–Kier alpha value is -2.54. The van der Waals surface area contributed by atoms with Crippen molar-refractivity contribution in [1.29, 1.82) is 0 Å². The lowest BCUT2D eigenvalue weighted by atomic mass is 10.0. The maximum Gasteiger partial charge on any atom is 0.261 e. The van der Waals surface area contributed by atoms with Gasteiger partial charge in [0.25, 0.3) is 5.91 Å². The number of nitrogens with zero attached hydrogens (tertiary/aromatic N) is 2. The maximum atomic E-state index is 14.8. The number of rotatable bonds is 5. The molecule has 168 valence electrons. The lowest BCUT2D eigenvalue weighted by Crippen LogP contribution is -2.26. The van der Waals surface area contributed by atoms with Gasteiger partial charge in [-0.05, 0) is 74.3 Å². The van der Waals surface area contributed by atoms with Gasteiger partial charge in [0.2, 0.25) is 0 Å². The Balaban J connectivity index is 1.24. The zero-order valence-corrected chi connectivity index (χ0v) is 19.2. The first-order valence-electron chi connectivity index (χ1n) is 11.3. The molecule has 2 unspecified atom stereocenters. The Kier molecular flexibility index (Phi) is 5.61. The summed E-state index contributed by atoms with van der Waals surface area (Å²) >= 11 is 1.36. The first-order valence-corrected chi connectivity index (χ1v) is 12.1. The minimum atomic E-state index is -0.412. The summed E-state index contributed by atoms with van der Waals surface area (Å²) in [7, 11) is 0. The molecule has 3 heterocycles. The van der Waals surface area contributed by atoms with E-state index in [2.05, 4.69) is 10.3 Å². The van der Waals surface area contributed by atoms with Crippen molar-refractivity contribution in [1.82, 2.24) is 10.3 Å². The van der Waals surface area contributed by atoms with Crippen LogP contribution in [0.15, 0.2) is 24.3 Å². The Morgan fingerprint density at radius 1 is 1.16 bits per heavy atom. The van der Waals surface area contributed by atoms with E-state index in [0.29, 0.717) is 22.4 Å². The van der Waals surface area contributed by atoms with E-state index >= 15 is 0 Å². The summed E-state index contributed by atoms with van der Waals surface area (Å²) < 4.78 is 29.6. The molecule has 1 saturated carbocycles. The van der Waals surface area contributed by atoms with Crippen LogP contribution in [0.1, 0.15) is 45.8 Å². The Bertz CT molecular complexity index is 1180. The van der Waals surface area contributed by atoms with Gasteiger partial charge < -0.3 is 10.2 Å². The van der Waals surface area contributed by atoms with Crippen LogP contribution < -0.4 is 10.2 Å². The lowest BCUT2D eigenvalue weighted by molar-refractivity contribution is 0.0957. The van der Waals surface area contributed by atoms with Gasteiger partial charge in [-0.2, -0.15) is 0 Å². The average molecular weight is 456 g/mol. The molecule has 0 bridgehead atoms. The van der Waals surface area contributed by atoms with Crippen LogP contribution in [-0.2, 0) is 6.42 Å². The highest BCUT2D eigenvalue weighted by Gasteiger charge is 2.37. The minimum Gasteiger partial charge on any atom is -0.369 e. The number of nitrogens with one attached hydrogen (secondary N) is 1. The summed E-state index contributed by atoms with van der Waals surface area (Å²) in [4.78, 5) is 20.6. The molecular weight excluding hydrogens is 428 g/mol. The second-order valence-corrected chi connectivity index (χ2v) is 10.1. The highest BCUT2D eigenvalue weighted by molar-refractivity contribution is 7.20. The van der Waals surface area contributed by atoms with Crippen LogP contribution in [0, 0.1) is 37.3 Å². The van der Waals surface area contributed by atoms with E-state index in [1.54, 1.807) is 0 Å². The lowest BCUT2D eigenvalue weighted by Gasteiger charge is -2.21. The number of thiophene rings is 1. The normalized spacial score (nSPS) is 20.2. The molecule has 2 aliphatic rings. The number of amides is 1. The van der Waals surface area contributed by atoms with Crippen molar-refractivity contribution in [3.8, 4) is 0 Å². The molecular formula is C25H27F2N3OS. The number of benzene rings is 1. The third-order valence-electron chi connectivity index (χ3n) is 7.01. The average Bonchev–Trinajstić information content (AvgIpc) is 3.44. The summed E-state index contributed by atoms with van der Waals surface area (Å²) in [5.74, 6) is 0.233. The molecule has 0 spiro atoms. The molecule has 32 heavy (non-hydrogen) atoms. The number of carbonyl (C=O) groups excluding carboxylic acids is 1. The quantitative estimate of drug-likeness (QED) is 0.560. The number of fused-ring (bicyclic) bond motifs is 2. The van der Waals surface area contributed by atoms with Crippen LogP contribution >= 0.6 is 11.3 Å². The number of aryl methyl sites for hydroxylation is 2. The molecule has 1 aromatic carbocycles. The van der Waals surface area contributed by atoms with Gasteiger partial charge in [-0.1, -0.05) is 6.42 Å². The van der Waals surface area contributed by atoms with Gasteiger partial charge >= 0.3 is 0 Å². The molecule has 1 N–H and O–H groups in total. The molecule has 2 atom stereocenters. The molecule has 0 radical (unpaired) electrons. The van der Waals surface area contributed by atoms with Crippen molar-refractivity contribution in [2.75, 3.05) is 24.5 Å². The second-order valence-electron chi connectivity index (χ2n) is 9.12. The second kappa shape index (κ2) is 8.43. The fraction of sp³-hybridized carbons (Fsp3) is 0.440. The summed E-state index contributed by atoms with van der Waals surface area (Å²) in [5, 5.41) is 3.82. The molecule has 1 saturated heterocycles. The molecule has 3 aromatic rings. The van der Waals surface area contributed by atoms with E-state index in [0.717, 1.165) is 34.6 Å². The molecule has 1 aliphatic heterocycles. The molecule has 7 heteroatoms. The molecule has 1 aliphatic carbocycles. The van der Waals surface area contributed by atoms with E-state index in [1.807, 2.05) is 30.9 Å². The Morgan fingerprint density at radius 2 is 1.91 bits per heavy atom. The van der Waals surface area contributed by atoms with Gasteiger partial charge in [0.05, 0.1) is 10.6 Å². The molecule has 1 amide bonds. The third kappa shape index (κ3) is 3.87. The Morgan fingerprint density at radius 3 is 2.66 bits per heavy atom. The van der Waals surface area contributed by atoms with Gasteiger partial charge in [0.1, 0.15) is 16.5 Å². The molecule has 4 nitrogen and oxygen atoms in total. The van der Waals surface area contributed by atoms with Crippen molar-refractivity contribution in [2.45, 2.75) is 39.5 Å². The van der Waals surface area contributed by atoms with Gasteiger partial charge in [-0.15, -0.1) is 11.3 Å². The fourth-order valence-electron chi connectivity index (χ4n) is 5.24. The highest BCUT2D eigenvalue weighted by Crippen LogP contribution is 2.40. The first-order chi connectivity index (χ1) is 15.4. The topological polar surface area (TPSA) is 45.2 Å². The van der Waals surface area contributed by atoms with Crippen molar-refractivity contribution in [2.24, 2.45) is 11.8 Å². The van der Waals surface area contributed by atoms with Crippen LogP contribution in [0.25, 0.3) is 10.2 Å². The number of pyridine rings is 1. The fourth-order valence-corrected chi connectivity index (χ4v) is 6.38. The van der Waals surface area contributed by atoms with E-state index in [1.165, 1.54) is 42.7 Å². The number of aromatic nitrogens is 1. The van der Waals surface area contributed by atoms with Crippen LogP contribution in [0.5, 0.6) is 0 Å². The van der Waals surface area contributed by atoms with Crippen molar-refractivity contribution >= 4 is 33.1 Å². The predicted molar refractivity (Wildman–Crippen MR) is 125 cm³/mol. The van der Waals surface area contributed by atoms with Crippen LogP contribution in [0.4, 0.5) is 14.5 Å². The standard InChI is InChI=1S/C25H27F2N3OS/c1-14-6-7-19-15(2)23(32-25(19)29-14)24(31)28-9-8-16-10-21(27)22(11-20(16)26)30-12-17-4-3-5-18(17)13-30/h6-7,10-11,17-18H,3-5,8-9,12-13H2,1-2H3,(H,28,31). The minimum absolute atomic E-state index is 0.204. The van der Waals surface area contributed by atoms with Crippen molar-refractivity contribution in [3.05, 3.63) is 57.6 Å². The molecule has 5 rings (SSSR count). The maximum absolute atomic E-state index is 14.8. The van der Waals surface area contributed by atoms with E-state index < -0.39 is 5.82 Å². The monoisotopic (exact) mass is 455 g/mol. The molecule has 2 aromatic heterocycles. The van der Waals surface area contributed by atoms with E-state index in [9.17, 15) is 13.6 Å². The number of hydrogen-bond acceptors (Lipinski definition) is 4. The van der Waals surface area contributed by atoms with Gasteiger partial charge in [-0.3, -0.25) is 4.79 Å². The predicted octanol–water partition coefficient (Wildman–Crippen LogP) is 5.40. The largest absolute Gasteiger partial charge is 0.369 e. The smallest absolute Gasteiger partial charge is 0.261 e. The third-order valence-corrected chi connectivity index (χ3v) is 8.21. The zero-order valence-electron chi connectivity index (χ0n) is 18.4. The highest BCUT2D eigenvalue weighted by atomic mass is 32.1. The number of carbonyl (C=O) groups is 1. The number of hydrogen-bond donors (Lipinski definition) is 1. The summed E-state index contributed by atoms with van der Waals surface area (Å²) in [6, 6.07) is 6.53. The van der Waals surface area contributed by atoms with E-state index in [-0.39, 0.29) is 30.3 Å². The van der Waals surface area contributed by atoms with Gasteiger partial charge in [0, 0.05) is 36.8 Å². The number of halogens is 2. The van der Waals surface area contributed by atoms with Gasteiger partial charge in [0.15, 0.2) is 0 Å². The first kappa shape index (κ1) is 21.3. The van der Waals surface area contributed by atoms with Crippen molar-refractivity contribution < 1.29 is 13.6 Å².